The highest BCUT2D eigenvalue weighted by Crippen LogP contribution is 2.46. The van der Waals surface area contributed by atoms with Gasteiger partial charge in [0.1, 0.15) is 5.75 Å². The molecule has 1 aromatic rings. The molecule has 0 N–H and O–H groups in total. The molecule has 1 fully saturated rings. The number of rotatable bonds is 2. The van der Waals surface area contributed by atoms with E-state index in [1.54, 1.807) is 13.0 Å². The van der Waals surface area contributed by atoms with Gasteiger partial charge in [-0.05, 0) is 30.5 Å². The molecule has 0 saturated carbocycles. The minimum absolute atomic E-state index is 0.0488. The quantitative estimate of drug-likeness (QED) is 0.583. The molecule has 2 aliphatic rings. The zero-order valence-electron chi connectivity index (χ0n) is 13.4. The number of esters is 1. The molecule has 3 rings (SSSR count). The Balaban J connectivity index is 1.94. The monoisotopic (exact) mass is 381 g/mol. The summed E-state index contributed by atoms with van der Waals surface area (Å²) in [6, 6.07) is 3.86. The highest BCUT2D eigenvalue weighted by Gasteiger charge is 2.44. The number of hydrogen-bond donors (Lipinski definition) is 0. The van der Waals surface area contributed by atoms with Crippen LogP contribution in [0.4, 0.5) is 0 Å². The van der Waals surface area contributed by atoms with Crippen LogP contribution in [-0.4, -0.2) is 43.6 Å². The van der Waals surface area contributed by atoms with Gasteiger partial charge in [-0.2, -0.15) is 0 Å². The molecule has 1 aromatic carbocycles. The number of carbonyl (C=O) groups excluding carboxylic acids is 2. The van der Waals surface area contributed by atoms with Crippen LogP contribution in [0.1, 0.15) is 41.3 Å². The van der Waals surface area contributed by atoms with E-state index < -0.39 is 0 Å². The van der Waals surface area contributed by atoms with E-state index in [2.05, 4.69) is 22.0 Å². The van der Waals surface area contributed by atoms with Gasteiger partial charge in [0.2, 0.25) is 5.91 Å². The molecule has 1 spiro atoms. The number of carbonyl (C=O) groups is 2. The average Bonchev–Trinajstić information content (AvgIpc) is 2.91. The summed E-state index contributed by atoms with van der Waals surface area (Å²) in [5, 5.41) is 0.584. The van der Waals surface area contributed by atoms with Gasteiger partial charge in [-0.15, -0.1) is 0 Å². The Morgan fingerprint density at radius 2 is 2.04 bits per heavy atom. The molecule has 1 amide bonds. The highest BCUT2D eigenvalue weighted by atomic mass is 79.9. The van der Waals surface area contributed by atoms with E-state index in [1.807, 2.05) is 4.90 Å². The van der Waals surface area contributed by atoms with Crippen LogP contribution >= 0.6 is 15.9 Å². The zero-order chi connectivity index (χ0) is 16.6. The standard InChI is InChI=1S/C17H20BrNO4/c1-11(20)19-5-3-17(4-6-19)10-23-15-8-13(16(21)22-2)12(9-18)7-14(15)17/h7-8H,3-6,9-10H2,1-2H3. The van der Waals surface area contributed by atoms with E-state index in [0.29, 0.717) is 17.5 Å². The molecule has 0 aliphatic carbocycles. The number of likely N-dealkylation sites (tertiary alicyclic amines) is 1. The van der Waals surface area contributed by atoms with Crippen molar-refractivity contribution < 1.29 is 19.1 Å². The van der Waals surface area contributed by atoms with Crippen LogP contribution in [0.5, 0.6) is 5.75 Å². The van der Waals surface area contributed by atoms with Crippen LogP contribution < -0.4 is 4.74 Å². The van der Waals surface area contributed by atoms with Crippen molar-refractivity contribution in [3.63, 3.8) is 0 Å². The summed E-state index contributed by atoms with van der Waals surface area (Å²) in [5.41, 5.74) is 2.56. The molecule has 2 heterocycles. The lowest BCUT2D eigenvalue weighted by Gasteiger charge is -2.38. The van der Waals surface area contributed by atoms with Gasteiger partial charge in [0.05, 0.1) is 19.3 Å². The topological polar surface area (TPSA) is 55.8 Å². The van der Waals surface area contributed by atoms with Crippen molar-refractivity contribution in [2.45, 2.75) is 30.5 Å². The van der Waals surface area contributed by atoms with Gasteiger partial charge in [-0.1, -0.05) is 15.9 Å². The number of nitrogens with zero attached hydrogens (tertiary/aromatic N) is 1. The van der Waals surface area contributed by atoms with Crippen LogP contribution in [0.3, 0.4) is 0 Å². The van der Waals surface area contributed by atoms with Gasteiger partial charge in [0, 0.05) is 36.3 Å². The summed E-state index contributed by atoms with van der Waals surface area (Å²) < 4.78 is 10.8. The Morgan fingerprint density at radius 3 is 2.61 bits per heavy atom. The second-order valence-corrected chi connectivity index (χ2v) is 6.77. The van der Waals surface area contributed by atoms with E-state index in [-0.39, 0.29) is 17.3 Å². The van der Waals surface area contributed by atoms with Crippen LogP contribution in [0.2, 0.25) is 0 Å². The third-order valence-electron chi connectivity index (χ3n) is 5.00. The van der Waals surface area contributed by atoms with Crippen LogP contribution in [-0.2, 0) is 20.3 Å². The van der Waals surface area contributed by atoms with Crippen molar-refractivity contribution in [1.82, 2.24) is 4.90 Å². The smallest absolute Gasteiger partial charge is 0.338 e. The molecule has 0 aromatic heterocycles. The van der Waals surface area contributed by atoms with Crippen LogP contribution in [0, 0.1) is 0 Å². The molecule has 0 atom stereocenters. The average molecular weight is 382 g/mol. The summed E-state index contributed by atoms with van der Waals surface area (Å²) in [6.07, 6.45) is 1.78. The SMILES string of the molecule is COC(=O)c1cc2c(cc1CBr)C1(CCN(C(C)=O)CC1)CO2. The van der Waals surface area contributed by atoms with Gasteiger partial charge in [-0.25, -0.2) is 4.79 Å². The van der Waals surface area contributed by atoms with Gasteiger partial charge < -0.3 is 14.4 Å². The lowest BCUT2D eigenvalue weighted by molar-refractivity contribution is -0.130. The van der Waals surface area contributed by atoms with Crippen molar-refractivity contribution in [2.24, 2.45) is 0 Å². The summed E-state index contributed by atoms with van der Waals surface area (Å²) >= 11 is 3.45. The van der Waals surface area contributed by atoms with Crippen molar-refractivity contribution in [3.8, 4) is 5.75 Å². The molecule has 6 heteroatoms. The third-order valence-corrected chi connectivity index (χ3v) is 5.60. The molecule has 0 bridgehead atoms. The maximum Gasteiger partial charge on any atom is 0.338 e. The molecular formula is C17H20BrNO4. The van der Waals surface area contributed by atoms with Gasteiger partial charge in [0.15, 0.2) is 0 Å². The second-order valence-electron chi connectivity index (χ2n) is 6.21. The van der Waals surface area contributed by atoms with Gasteiger partial charge in [0.25, 0.3) is 0 Å². The Labute approximate surface area is 144 Å². The van der Waals surface area contributed by atoms with Crippen molar-refractivity contribution >= 4 is 27.8 Å². The first-order chi connectivity index (χ1) is 11.0. The first kappa shape index (κ1) is 16.3. The number of methoxy groups -OCH3 is 1. The van der Waals surface area contributed by atoms with Crippen molar-refractivity contribution in [1.29, 1.82) is 0 Å². The highest BCUT2D eigenvalue weighted by molar-refractivity contribution is 9.08. The number of halogens is 1. The maximum atomic E-state index is 11.9. The molecular weight excluding hydrogens is 362 g/mol. The Bertz CT molecular complexity index is 650. The second kappa shape index (κ2) is 6.15. The van der Waals surface area contributed by atoms with E-state index >= 15 is 0 Å². The maximum absolute atomic E-state index is 11.9. The number of benzene rings is 1. The number of ether oxygens (including phenoxy) is 2. The molecule has 1 saturated heterocycles. The minimum Gasteiger partial charge on any atom is -0.492 e. The number of hydrogen-bond acceptors (Lipinski definition) is 4. The molecule has 0 radical (unpaired) electrons. The number of amides is 1. The Morgan fingerprint density at radius 1 is 1.35 bits per heavy atom. The summed E-state index contributed by atoms with van der Waals surface area (Å²) in [5.74, 6) is 0.547. The Hall–Kier alpha value is -1.56. The fourth-order valence-electron chi connectivity index (χ4n) is 3.53. The first-order valence-electron chi connectivity index (χ1n) is 7.71. The molecule has 5 nitrogen and oxygen atoms in total. The lowest BCUT2D eigenvalue weighted by atomic mass is 9.74. The van der Waals surface area contributed by atoms with Crippen LogP contribution in [0.25, 0.3) is 0 Å². The number of piperidine rings is 1. The first-order valence-corrected chi connectivity index (χ1v) is 8.83. The summed E-state index contributed by atoms with van der Waals surface area (Å²) in [7, 11) is 1.38. The summed E-state index contributed by atoms with van der Waals surface area (Å²) in [4.78, 5) is 25.4. The largest absolute Gasteiger partial charge is 0.492 e. The van der Waals surface area contributed by atoms with E-state index in [9.17, 15) is 9.59 Å². The number of alkyl halides is 1. The Kier molecular flexibility index (Phi) is 4.36. The minimum atomic E-state index is -0.349. The fourth-order valence-corrected chi connectivity index (χ4v) is 3.99. The predicted octanol–water partition coefficient (Wildman–Crippen LogP) is 2.64. The number of fused-ring (bicyclic) bond motifs is 2. The van der Waals surface area contributed by atoms with Gasteiger partial charge >= 0.3 is 5.97 Å². The molecule has 124 valence electrons. The van der Waals surface area contributed by atoms with Crippen molar-refractivity contribution in [3.05, 3.63) is 28.8 Å². The predicted molar refractivity (Wildman–Crippen MR) is 89.1 cm³/mol. The van der Waals surface area contributed by atoms with Gasteiger partial charge in [-0.3, -0.25) is 4.79 Å². The lowest BCUT2D eigenvalue weighted by Crippen LogP contribution is -2.45. The zero-order valence-corrected chi connectivity index (χ0v) is 14.9. The molecule has 23 heavy (non-hydrogen) atoms. The van der Waals surface area contributed by atoms with Crippen molar-refractivity contribution in [2.75, 3.05) is 26.8 Å². The molecule has 2 aliphatic heterocycles. The normalized spacial score (nSPS) is 18.5. The van der Waals surface area contributed by atoms with E-state index in [0.717, 1.165) is 42.8 Å². The van der Waals surface area contributed by atoms with Crippen LogP contribution in [0.15, 0.2) is 12.1 Å². The fraction of sp³-hybridized carbons (Fsp3) is 0.529. The molecule has 0 unspecified atom stereocenters. The third kappa shape index (κ3) is 2.73. The summed E-state index contributed by atoms with van der Waals surface area (Å²) in [6.45, 7) is 3.73. The van der Waals surface area contributed by atoms with E-state index in [4.69, 9.17) is 9.47 Å². The van der Waals surface area contributed by atoms with E-state index in [1.165, 1.54) is 7.11 Å².